The molecule has 0 bridgehead atoms. The summed E-state index contributed by atoms with van der Waals surface area (Å²) in [5, 5.41) is -1.27. The van der Waals surface area contributed by atoms with Gasteiger partial charge in [0, 0.05) is 12.7 Å². The third-order valence-electron chi connectivity index (χ3n) is 1.95. The van der Waals surface area contributed by atoms with Crippen molar-refractivity contribution < 1.29 is 9.53 Å². The lowest BCUT2D eigenvalue weighted by Crippen LogP contribution is -2.28. The zero-order chi connectivity index (χ0) is 11.3. The largest absolute Gasteiger partial charge is 0.383 e. The topological polar surface area (TPSA) is 26.3 Å². The molecular formula is C11H12Cl2O2. The minimum Gasteiger partial charge on any atom is -0.383 e. The molecule has 0 aliphatic carbocycles. The van der Waals surface area contributed by atoms with Gasteiger partial charge >= 0.3 is 0 Å². The van der Waals surface area contributed by atoms with Gasteiger partial charge in [-0.1, -0.05) is 30.3 Å². The van der Waals surface area contributed by atoms with Crippen molar-refractivity contribution in [3.63, 3.8) is 0 Å². The Kier molecular flexibility index (Phi) is 5.09. The van der Waals surface area contributed by atoms with Crippen molar-refractivity contribution in [1.29, 1.82) is 0 Å². The minimum absolute atomic E-state index is 0.172. The Bertz CT molecular complexity index is 314. The van der Waals surface area contributed by atoms with Crippen LogP contribution in [0.5, 0.6) is 0 Å². The van der Waals surface area contributed by atoms with E-state index in [1.165, 1.54) is 7.11 Å². The Morgan fingerprint density at radius 1 is 1.33 bits per heavy atom. The van der Waals surface area contributed by atoms with E-state index in [0.29, 0.717) is 5.56 Å². The first-order valence-electron chi connectivity index (χ1n) is 4.53. The molecule has 4 heteroatoms. The highest BCUT2D eigenvalue weighted by molar-refractivity contribution is 6.39. The smallest absolute Gasteiger partial charge is 0.182 e. The molecular weight excluding hydrogens is 235 g/mol. The number of Topliss-reactive ketones (excluding diaryl/α,β-unsaturated/α-hetero) is 1. The molecule has 0 radical (unpaired) electrons. The Hall–Kier alpha value is -0.570. The highest BCUT2D eigenvalue weighted by Gasteiger charge is 2.25. The zero-order valence-electron chi connectivity index (χ0n) is 8.32. The molecule has 0 saturated carbocycles. The molecule has 0 aliphatic heterocycles. The highest BCUT2D eigenvalue weighted by Crippen LogP contribution is 2.16. The summed E-state index contributed by atoms with van der Waals surface area (Å²) in [7, 11) is 1.52. The number of hydrogen-bond donors (Lipinski definition) is 0. The molecule has 0 aliphatic rings. The Labute approximate surface area is 99.1 Å². The first kappa shape index (κ1) is 12.5. The number of alkyl halides is 2. The van der Waals surface area contributed by atoms with Crippen LogP contribution in [0, 0.1) is 0 Å². The summed E-state index contributed by atoms with van der Waals surface area (Å²) in [6.45, 7) is 0.258. The molecule has 1 aromatic rings. The van der Waals surface area contributed by atoms with Gasteiger partial charge in [0.05, 0.1) is 12.0 Å². The van der Waals surface area contributed by atoms with Crippen molar-refractivity contribution in [2.45, 2.75) is 10.8 Å². The van der Waals surface area contributed by atoms with Gasteiger partial charge in [-0.05, 0) is 0 Å². The molecule has 1 rings (SSSR count). The summed E-state index contributed by atoms with van der Waals surface area (Å²) in [6, 6.07) is 8.85. The van der Waals surface area contributed by atoms with E-state index in [0.717, 1.165) is 0 Å². The van der Waals surface area contributed by atoms with Crippen LogP contribution in [0.25, 0.3) is 0 Å². The lowest BCUT2D eigenvalue weighted by Gasteiger charge is -2.13. The summed E-state index contributed by atoms with van der Waals surface area (Å²) >= 11 is 11.8. The van der Waals surface area contributed by atoms with Gasteiger partial charge in [-0.3, -0.25) is 4.79 Å². The molecule has 15 heavy (non-hydrogen) atoms. The van der Waals surface area contributed by atoms with Crippen molar-refractivity contribution in [2.24, 2.45) is 0 Å². The molecule has 0 N–H and O–H groups in total. The molecule has 0 heterocycles. The lowest BCUT2D eigenvalue weighted by molar-refractivity contribution is 0.0971. The first-order valence-corrected chi connectivity index (χ1v) is 5.40. The second kappa shape index (κ2) is 6.11. The molecule has 0 amide bonds. The standard InChI is InChI=1S/C11H12Cl2O2/c1-15-7-9(12)10(13)11(14)8-5-3-2-4-6-8/h2-6,9-10H,7H2,1H3. The molecule has 0 aromatic heterocycles. The van der Waals surface area contributed by atoms with Crippen molar-refractivity contribution in [1.82, 2.24) is 0 Å². The number of halogens is 2. The van der Waals surface area contributed by atoms with Crippen molar-refractivity contribution >= 4 is 29.0 Å². The Balaban J connectivity index is 2.69. The number of methoxy groups -OCH3 is 1. The number of benzene rings is 1. The summed E-state index contributed by atoms with van der Waals surface area (Å²) < 4.78 is 4.84. The fourth-order valence-corrected chi connectivity index (χ4v) is 1.61. The van der Waals surface area contributed by atoms with E-state index in [1.807, 2.05) is 6.07 Å². The molecule has 0 fully saturated rings. The normalized spacial score (nSPS) is 14.6. The average Bonchev–Trinajstić information content (AvgIpc) is 2.28. The number of rotatable bonds is 5. The second-order valence-electron chi connectivity index (χ2n) is 3.10. The monoisotopic (exact) mass is 246 g/mol. The van der Waals surface area contributed by atoms with Crippen LogP contribution in [0.1, 0.15) is 10.4 Å². The molecule has 2 nitrogen and oxygen atoms in total. The van der Waals surface area contributed by atoms with Crippen LogP contribution >= 0.6 is 23.2 Å². The van der Waals surface area contributed by atoms with E-state index in [-0.39, 0.29) is 12.4 Å². The van der Waals surface area contributed by atoms with Gasteiger partial charge in [0.15, 0.2) is 5.78 Å². The number of carbonyl (C=O) groups excluding carboxylic acids is 1. The third kappa shape index (κ3) is 3.49. The number of ether oxygens (including phenoxy) is 1. The Morgan fingerprint density at radius 3 is 2.47 bits per heavy atom. The molecule has 1 aromatic carbocycles. The highest BCUT2D eigenvalue weighted by atomic mass is 35.5. The first-order chi connectivity index (χ1) is 7.16. The van der Waals surface area contributed by atoms with Crippen LogP contribution in [0.2, 0.25) is 0 Å². The quantitative estimate of drug-likeness (QED) is 0.590. The van der Waals surface area contributed by atoms with Gasteiger partial charge in [-0.25, -0.2) is 0 Å². The molecule has 0 saturated heterocycles. The van der Waals surface area contributed by atoms with E-state index in [2.05, 4.69) is 0 Å². The number of ketones is 1. The Morgan fingerprint density at radius 2 is 1.93 bits per heavy atom. The zero-order valence-corrected chi connectivity index (χ0v) is 9.83. The van der Waals surface area contributed by atoms with Crippen LogP contribution in [-0.2, 0) is 4.74 Å². The van der Waals surface area contributed by atoms with Gasteiger partial charge in [-0.15, -0.1) is 23.2 Å². The van der Waals surface area contributed by atoms with Gasteiger partial charge in [0.1, 0.15) is 5.38 Å². The maximum atomic E-state index is 11.8. The van der Waals surface area contributed by atoms with Crippen molar-refractivity contribution in [3.05, 3.63) is 35.9 Å². The lowest BCUT2D eigenvalue weighted by atomic mass is 10.1. The SMILES string of the molecule is COCC(Cl)C(Cl)C(=O)c1ccccc1. The summed E-state index contributed by atoms with van der Waals surface area (Å²) in [5.74, 6) is -0.172. The molecule has 2 atom stereocenters. The summed E-state index contributed by atoms with van der Waals surface area (Å²) in [4.78, 5) is 11.8. The van der Waals surface area contributed by atoms with E-state index in [9.17, 15) is 4.79 Å². The van der Waals surface area contributed by atoms with Crippen LogP contribution in [0.4, 0.5) is 0 Å². The minimum atomic E-state index is -0.756. The number of hydrogen-bond acceptors (Lipinski definition) is 2. The van der Waals surface area contributed by atoms with Crippen LogP contribution in [-0.4, -0.2) is 30.3 Å². The molecule has 0 spiro atoms. The molecule has 82 valence electrons. The van der Waals surface area contributed by atoms with Gasteiger partial charge in [-0.2, -0.15) is 0 Å². The molecule has 2 unspecified atom stereocenters. The van der Waals surface area contributed by atoms with Crippen molar-refractivity contribution in [2.75, 3.05) is 13.7 Å². The summed E-state index contributed by atoms with van der Waals surface area (Å²) in [6.07, 6.45) is 0. The van der Waals surface area contributed by atoms with Crippen molar-refractivity contribution in [3.8, 4) is 0 Å². The maximum absolute atomic E-state index is 11.8. The van der Waals surface area contributed by atoms with Gasteiger partial charge in [0.25, 0.3) is 0 Å². The third-order valence-corrected chi connectivity index (χ3v) is 2.96. The van der Waals surface area contributed by atoms with Gasteiger partial charge in [0.2, 0.25) is 0 Å². The van der Waals surface area contributed by atoms with Gasteiger partial charge < -0.3 is 4.74 Å². The number of carbonyl (C=O) groups is 1. The van der Waals surface area contributed by atoms with E-state index < -0.39 is 10.8 Å². The second-order valence-corrected chi connectivity index (χ2v) is 4.13. The fraction of sp³-hybridized carbons (Fsp3) is 0.364. The van der Waals surface area contributed by atoms with Crippen LogP contribution in [0.15, 0.2) is 30.3 Å². The maximum Gasteiger partial charge on any atom is 0.182 e. The fourth-order valence-electron chi connectivity index (χ4n) is 1.17. The predicted octanol–water partition coefficient (Wildman–Crippen LogP) is 2.73. The average molecular weight is 247 g/mol. The van der Waals surface area contributed by atoms with Crippen LogP contribution < -0.4 is 0 Å². The van der Waals surface area contributed by atoms with E-state index >= 15 is 0 Å². The van der Waals surface area contributed by atoms with E-state index in [4.69, 9.17) is 27.9 Å². The van der Waals surface area contributed by atoms with E-state index in [1.54, 1.807) is 24.3 Å². The summed E-state index contributed by atoms with van der Waals surface area (Å²) in [5.41, 5.74) is 0.569. The predicted molar refractivity (Wildman–Crippen MR) is 61.9 cm³/mol. The van der Waals surface area contributed by atoms with Crippen LogP contribution in [0.3, 0.4) is 0 Å².